The van der Waals surface area contributed by atoms with Crippen LogP contribution in [0.25, 0.3) is 0 Å². The van der Waals surface area contributed by atoms with Crippen molar-refractivity contribution in [2.24, 2.45) is 0 Å². The number of nitrogens with zero attached hydrogens (tertiary/aromatic N) is 1. The lowest BCUT2D eigenvalue weighted by Crippen LogP contribution is -2.54. The van der Waals surface area contributed by atoms with E-state index in [0.29, 0.717) is 11.4 Å². The van der Waals surface area contributed by atoms with Crippen LogP contribution in [-0.4, -0.2) is 29.1 Å². The molecule has 0 spiro atoms. The zero-order valence-electron chi connectivity index (χ0n) is 13.3. The third kappa shape index (κ3) is 3.31. The molecule has 2 aromatic carbocycles. The van der Waals surface area contributed by atoms with Crippen LogP contribution in [0.4, 0.5) is 5.69 Å². The highest BCUT2D eigenvalue weighted by molar-refractivity contribution is 7.91. The van der Waals surface area contributed by atoms with Crippen molar-refractivity contribution in [1.29, 1.82) is 0 Å². The minimum absolute atomic E-state index is 0.303. The maximum absolute atomic E-state index is 12.8. The fraction of sp³-hybridized carbons (Fsp3) is 0.294. The second-order valence-corrected chi connectivity index (χ2v) is 7.75. The Morgan fingerprint density at radius 3 is 2.00 bits per heavy atom. The molecule has 2 aromatic rings. The maximum atomic E-state index is 12.8. The molecule has 1 atom stereocenters. The van der Waals surface area contributed by atoms with Crippen molar-refractivity contribution in [3.8, 4) is 0 Å². The summed E-state index contributed by atoms with van der Waals surface area (Å²) in [5.74, 6) is 0. The molecule has 3 N–H and O–H groups in total. The highest BCUT2D eigenvalue weighted by atomic mass is 32.2. The molecule has 0 amide bonds. The molecular weight excluding hydrogens is 296 g/mol. The van der Waals surface area contributed by atoms with Gasteiger partial charge in [-0.1, -0.05) is 29.8 Å². The fourth-order valence-corrected chi connectivity index (χ4v) is 4.05. The van der Waals surface area contributed by atoms with Gasteiger partial charge >= 0.3 is 0 Å². The van der Waals surface area contributed by atoms with Crippen molar-refractivity contribution in [3.05, 3.63) is 59.7 Å². The van der Waals surface area contributed by atoms with Crippen molar-refractivity contribution in [3.63, 3.8) is 0 Å². The summed E-state index contributed by atoms with van der Waals surface area (Å²) in [6.07, 6.45) is 0. The molecule has 2 rings (SSSR count). The van der Waals surface area contributed by atoms with Gasteiger partial charge < -0.3 is 10.6 Å². The molecule has 0 aliphatic carbocycles. The van der Waals surface area contributed by atoms with Gasteiger partial charge in [0, 0.05) is 19.8 Å². The molecule has 5 heteroatoms. The van der Waals surface area contributed by atoms with Crippen LogP contribution >= 0.6 is 0 Å². The molecule has 0 fully saturated rings. The van der Waals surface area contributed by atoms with Crippen LogP contribution in [0.5, 0.6) is 0 Å². The minimum atomic E-state index is -3.43. The van der Waals surface area contributed by atoms with Gasteiger partial charge in [0.1, 0.15) is 5.25 Å². The number of hydrogen-bond acceptors (Lipinski definition) is 3. The van der Waals surface area contributed by atoms with E-state index in [1.54, 1.807) is 12.1 Å². The first-order valence-corrected chi connectivity index (χ1v) is 8.78. The lowest BCUT2D eigenvalue weighted by Gasteiger charge is -2.17. The van der Waals surface area contributed by atoms with Crippen LogP contribution in [0.2, 0.25) is 0 Å². The van der Waals surface area contributed by atoms with Crippen molar-refractivity contribution in [2.45, 2.75) is 17.1 Å². The third-order valence-corrected chi connectivity index (χ3v) is 5.95. The second-order valence-electron chi connectivity index (χ2n) is 5.62. The van der Waals surface area contributed by atoms with E-state index in [1.807, 2.05) is 62.3 Å². The first-order chi connectivity index (χ1) is 10.4. The summed E-state index contributed by atoms with van der Waals surface area (Å²) >= 11 is 0. The van der Waals surface area contributed by atoms with Gasteiger partial charge in [-0.15, -0.1) is 0 Å². The molecule has 22 heavy (non-hydrogen) atoms. The SMILES string of the molecule is Cc1ccc(S(=O)(=O)[C@@H](C[NH3+])c2ccc(N(C)C)cc2)cc1. The first-order valence-electron chi connectivity index (χ1n) is 7.23. The Morgan fingerprint density at radius 2 is 1.55 bits per heavy atom. The van der Waals surface area contributed by atoms with Crippen molar-refractivity contribution < 1.29 is 14.2 Å². The van der Waals surface area contributed by atoms with E-state index in [0.717, 1.165) is 16.8 Å². The molecule has 0 saturated carbocycles. The van der Waals surface area contributed by atoms with Gasteiger partial charge in [0.2, 0.25) is 0 Å². The summed E-state index contributed by atoms with van der Waals surface area (Å²) in [6, 6.07) is 14.6. The Balaban J connectivity index is 2.40. The molecule has 0 aromatic heterocycles. The summed E-state index contributed by atoms with van der Waals surface area (Å²) in [7, 11) is 0.480. The van der Waals surface area contributed by atoms with Crippen LogP contribution in [-0.2, 0) is 9.84 Å². The van der Waals surface area contributed by atoms with Gasteiger partial charge in [0.25, 0.3) is 0 Å². The quantitative estimate of drug-likeness (QED) is 0.914. The molecule has 0 aliphatic heterocycles. The fourth-order valence-electron chi connectivity index (χ4n) is 2.38. The Hall–Kier alpha value is -1.85. The second kappa shape index (κ2) is 6.50. The number of quaternary nitrogens is 1. The van der Waals surface area contributed by atoms with Gasteiger partial charge in [-0.25, -0.2) is 8.42 Å². The average Bonchev–Trinajstić information content (AvgIpc) is 2.48. The Kier molecular flexibility index (Phi) is 4.88. The van der Waals surface area contributed by atoms with Gasteiger partial charge in [-0.05, 0) is 36.8 Å². The number of rotatable bonds is 5. The summed E-state index contributed by atoms with van der Waals surface area (Å²) < 4.78 is 25.7. The number of aryl methyl sites for hydroxylation is 1. The van der Waals surface area contributed by atoms with E-state index in [1.165, 1.54) is 0 Å². The predicted octanol–water partition coefficient (Wildman–Crippen LogP) is 1.82. The third-order valence-electron chi connectivity index (χ3n) is 3.77. The van der Waals surface area contributed by atoms with Crippen LogP contribution in [0, 0.1) is 6.92 Å². The normalized spacial score (nSPS) is 12.9. The van der Waals surface area contributed by atoms with E-state index >= 15 is 0 Å². The monoisotopic (exact) mass is 319 g/mol. The maximum Gasteiger partial charge on any atom is 0.190 e. The van der Waals surface area contributed by atoms with Crippen LogP contribution in [0.3, 0.4) is 0 Å². The Morgan fingerprint density at radius 1 is 1.00 bits per heavy atom. The highest BCUT2D eigenvalue weighted by Crippen LogP contribution is 2.29. The zero-order chi connectivity index (χ0) is 16.3. The minimum Gasteiger partial charge on any atom is -0.378 e. The molecule has 0 heterocycles. The number of benzene rings is 2. The van der Waals surface area contributed by atoms with E-state index in [2.05, 4.69) is 5.73 Å². The van der Waals surface area contributed by atoms with E-state index in [4.69, 9.17) is 0 Å². The lowest BCUT2D eigenvalue weighted by molar-refractivity contribution is -0.367. The van der Waals surface area contributed by atoms with Crippen LogP contribution in [0.1, 0.15) is 16.4 Å². The highest BCUT2D eigenvalue weighted by Gasteiger charge is 2.29. The zero-order valence-corrected chi connectivity index (χ0v) is 14.1. The smallest absolute Gasteiger partial charge is 0.190 e. The Bertz CT molecular complexity index is 720. The van der Waals surface area contributed by atoms with Crippen LogP contribution in [0.15, 0.2) is 53.4 Å². The van der Waals surface area contributed by atoms with E-state index < -0.39 is 15.1 Å². The van der Waals surface area contributed by atoms with Gasteiger partial charge in [0.15, 0.2) is 9.84 Å². The first kappa shape index (κ1) is 16.5. The standard InChI is InChI=1S/C17H22N2O2S/c1-13-4-10-16(11-5-13)22(20,21)17(12-18)14-6-8-15(9-7-14)19(2)3/h4-11,17H,12,18H2,1-3H3/p+1/t17-/m0/s1. The summed E-state index contributed by atoms with van der Waals surface area (Å²) in [5, 5.41) is -0.619. The molecule has 0 bridgehead atoms. The number of hydrogen-bond donors (Lipinski definition) is 1. The Labute approximate surface area is 132 Å². The van der Waals surface area contributed by atoms with E-state index in [9.17, 15) is 8.42 Å². The molecule has 0 unspecified atom stereocenters. The van der Waals surface area contributed by atoms with Crippen LogP contribution < -0.4 is 10.6 Å². The molecular formula is C17H23N2O2S+. The summed E-state index contributed by atoms with van der Waals surface area (Å²) in [6.45, 7) is 2.24. The lowest BCUT2D eigenvalue weighted by atomic mass is 10.1. The van der Waals surface area contributed by atoms with Gasteiger partial charge in [0.05, 0.1) is 11.4 Å². The van der Waals surface area contributed by atoms with Crippen molar-refractivity contribution in [1.82, 2.24) is 0 Å². The topological polar surface area (TPSA) is 65.0 Å². The van der Waals surface area contributed by atoms with Gasteiger partial charge in [-0.3, -0.25) is 0 Å². The average molecular weight is 319 g/mol. The summed E-state index contributed by atoms with van der Waals surface area (Å²) in [5.41, 5.74) is 6.70. The molecule has 0 saturated heterocycles. The number of anilines is 1. The molecule has 0 aliphatic rings. The van der Waals surface area contributed by atoms with Crippen molar-refractivity contribution in [2.75, 3.05) is 25.5 Å². The van der Waals surface area contributed by atoms with E-state index in [-0.39, 0.29) is 0 Å². The van der Waals surface area contributed by atoms with Crippen molar-refractivity contribution >= 4 is 15.5 Å². The largest absolute Gasteiger partial charge is 0.378 e. The molecule has 0 radical (unpaired) electrons. The van der Waals surface area contributed by atoms with Gasteiger partial charge in [-0.2, -0.15) is 0 Å². The predicted molar refractivity (Wildman–Crippen MR) is 89.6 cm³/mol. The molecule has 118 valence electrons. The summed E-state index contributed by atoms with van der Waals surface area (Å²) in [4.78, 5) is 2.33. The molecule has 4 nitrogen and oxygen atoms in total. The number of sulfone groups is 1.